The number of hydrogen-bond acceptors (Lipinski definition) is 6. The Bertz CT molecular complexity index is 1030. The monoisotopic (exact) mass is 364 g/mol. The first-order valence-corrected chi connectivity index (χ1v) is 9.14. The van der Waals surface area contributed by atoms with E-state index in [0.29, 0.717) is 18.5 Å². The summed E-state index contributed by atoms with van der Waals surface area (Å²) >= 11 is 0. The minimum absolute atomic E-state index is 0.335. The van der Waals surface area contributed by atoms with E-state index in [1.165, 1.54) is 0 Å². The number of fused-ring (bicyclic) bond motifs is 2. The molecule has 0 radical (unpaired) electrons. The van der Waals surface area contributed by atoms with Crippen LogP contribution >= 0.6 is 0 Å². The highest BCUT2D eigenvalue weighted by Crippen LogP contribution is 2.28. The number of hydrogen-bond donors (Lipinski definition) is 1. The normalized spacial score (nSPS) is 17.6. The molecule has 0 unspecified atom stereocenters. The molecule has 5 rings (SSSR count). The van der Waals surface area contributed by atoms with Gasteiger partial charge in [0, 0.05) is 24.0 Å². The van der Waals surface area contributed by atoms with Crippen LogP contribution in [-0.4, -0.2) is 47.0 Å². The Hall–Kier alpha value is -2.90. The summed E-state index contributed by atoms with van der Waals surface area (Å²) in [6.07, 6.45) is 2.65. The molecule has 7 nitrogen and oxygen atoms in total. The van der Waals surface area contributed by atoms with Crippen molar-refractivity contribution < 1.29 is 13.9 Å². The number of nitrogens with zero attached hydrogens (tertiary/aromatic N) is 3. The molecule has 0 aliphatic carbocycles. The van der Waals surface area contributed by atoms with Gasteiger partial charge in [-0.05, 0) is 24.6 Å². The lowest BCUT2D eigenvalue weighted by atomic mass is 10.2. The number of imidazole rings is 1. The Morgan fingerprint density at radius 3 is 3.07 bits per heavy atom. The van der Waals surface area contributed by atoms with Crippen LogP contribution in [-0.2, 0) is 4.74 Å². The smallest absolute Gasteiger partial charge is 0.231 e. The third-order valence-corrected chi connectivity index (χ3v) is 4.73. The molecule has 0 amide bonds. The lowest BCUT2D eigenvalue weighted by Crippen LogP contribution is -2.42. The van der Waals surface area contributed by atoms with E-state index >= 15 is 0 Å². The standard InChI is InChI=1S/C20H20N4O3/c1-2-4-17-14(3-1)11-18(27-17)16-12-22-19-5-6-20(23-24(16)19)26-9-7-15-13-25-10-8-21-15/h1-6,11-12,15,21H,7-10,13H2/t15-/m1/s1. The van der Waals surface area contributed by atoms with Gasteiger partial charge in [0.25, 0.3) is 0 Å². The van der Waals surface area contributed by atoms with Gasteiger partial charge in [-0.15, -0.1) is 5.10 Å². The first kappa shape index (κ1) is 16.3. The molecule has 4 aromatic rings. The fourth-order valence-corrected chi connectivity index (χ4v) is 3.32. The van der Waals surface area contributed by atoms with E-state index < -0.39 is 0 Å². The van der Waals surface area contributed by atoms with Crippen LogP contribution in [0.5, 0.6) is 5.88 Å². The van der Waals surface area contributed by atoms with Gasteiger partial charge >= 0.3 is 0 Å². The van der Waals surface area contributed by atoms with Gasteiger partial charge in [0.1, 0.15) is 11.3 Å². The number of rotatable bonds is 5. The summed E-state index contributed by atoms with van der Waals surface area (Å²) in [5, 5.41) is 9.06. The van der Waals surface area contributed by atoms with E-state index in [1.807, 2.05) is 42.5 Å². The summed E-state index contributed by atoms with van der Waals surface area (Å²) in [5.41, 5.74) is 2.39. The average molecular weight is 364 g/mol. The maximum absolute atomic E-state index is 5.96. The second-order valence-corrected chi connectivity index (χ2v) is 6.60. The third kappa shape index (κ3) is 3.27. The van der Waals surface area contributed by atoms with E-state index in [9.17, 15) is 0 Å². The number of morpholine rings is 1. The highest BCUT2D eigenvalue weighted by atomic mass is 16.5. The number of aromatic nitrogens is 3. The van der Waals surface area contributed by atoms with E-state index in [4.69, 9.17) is 13.9 Å². The van der Waals surface area contributed by atoms with Crippen LogP contribution in [0.15, 0.2) is 53.1 Å². The van der Waals surface area contributed by atoms with Crippen LogP contribution in [0, 0.1) is 0 Å². The maximum Gasteiger partial charge on any atom is 0.231 e. The fraction of sp³-hybridized carbons (Fsp3) is 0.300. The Kier molecular flexibility index (Phi) is 4.23. The second-order valence-electron chi connectivity index (χ2n) is 6.60. The van der Waals surface area contributed by atoms with Crippen molar-refractivity contribution >= 4 is 16.6 Å². The number of para-hydroxylation sites is 1. The lowest BCUT2D eigenvalue weighted by molar-refractivity contribution is 0.0688. The number of furan rings is 1. The van der Waals surface area contributed by atoms with Crippen LogP contribution in [0.4, 0.5) is 0 Å². The predicted octanol–water partition coefficient (Wildman–Crippen LogP) is 2.90. The third-order valence-electron chi connectivity index (χ3n) is 4.73. The molecule has 0 bridgehead atoms. The van der Waals surface area contributed by atoms with Gasteiger partial charge in [-0.3, -0.25) is 0 Å². The second kappa shape index (κ2) is 7.02. The molecule has 1 fully saturated rings. The minimum Gasteiger partial charge on any atom is -0.477 e. The van der Waals surface area contributed by atoms with Crippen molar-refractivity contribution in [2.24, 2.45) is 0 Å². The Labute approximate surface area is 155 Å². The first-order valence-electron chi connectivity index (χ1n) is 9.14. The molecule has 1 aliphatic rings. The van der Waals surface area contributed by atoms with Crippen molar-refractivity contribution in [1.82, 2.24) is 19.9 Å². The molecule has 7 heteroatoms. The first-order chi connectivity index (χ1) is 13.4. The van der Waals surface area contributed by atoms with Crippen LogP contribution < -0.4 is 10.1 Å². The molecule has 3 aromatic heterocycles. The van der Waals surface area contributed by atoms with Crippen molar-refractivity contribution in [2.75, 3.05) is 26.4 Å². The molecule has 1 aromatic carbocycles. The van der Waals surface area contributed by atoms with Gasteiger partial charge in [0.2, 0.25) is 5.88 Å². The topological polar surface area (TPSA) is 73.8 Å². The summed E-state index contributed by atoms with van der Waals surface area (Å²) in [6.45, 7) is 2.98. The fourth-order valence-electron chi connectivity index (χ4n) is 3.32. The molecule has 1 aliphatic heterocycles. The quantitative estimate of drug-likeness (QED) is 0.587. The SMILES string of the molecule is c1ccc2oc(-c3cnc4ccc(OCC[C@@H]5COCCN5)nn34)cc2c1. The Morgan fingerprint density at radius 2 is 2.19 bits per heavy atom. The zero-order chi connectivity index (χ0) is 18.1. The van der Waals surface area contributed by atoms with E-state index in [-0.39, 0.29) is 0 Å². The zero-order valence-corrected chi connectivity index (χ0v) is 14.8. The summed E-state index contributed by atoms with van der Waals surface area (Å²) < 4.78 is 19.0. The van der Waals surface area contributed by atoms with Crippen molar-refractivity contribution in [3.8, 4) is 17.3 Å². The van der Waals surface area contributed by atoms with Crippen molar-refractivity contribution in [3.63, 3.8) is 0 Å². The minimum atomic E-state index is 0.335. The molecule has 0 spiro atoms. The van der Waals surface area contributed by atoms with Gasteiger partial charge in [0.05, 0.1) is 26.0 Å². The number of ether oxygens (including phenoxy) is 2. The summed E-state index contributed by atoms with van der Waals surface area (Å²) in [7, 11) is 0. The summed E-state index contributed by atoms with van der Waals surface area (Å²) in [5.74, 6) is 1.30. The predicted molar refractivity (Wildman–Crippen MR) is 101 cm³/mol. The molecule has 138 valence electrons. The largest absolute Gasteiger partial charge is 0.477 e. The van der Waals surface area contributed by atoms with Gasteiger partial charge < -0.3 is 19.2 Å². The highest BCUT2D eigenvalue weighted by molar-refractivity contribution is 5.82. The van der Waals surface area contributed by atoms with Crippen LogP contribution in [0.2, 0.25) is 0 Å². The lowest BCUT2D eigenvalue weighted by Gasteiger charge is -2.23. The molecular weight excluding hydrogens is 344 g/mol. The Morgan fingerprint density at radius 1 is 1.22 bits per heavy atom. The molecule has 1 N–H and O–H groups in total. The van der Waals surface area contributed by atoms with Crippen molar-refractivity contribution in [3.05, 3.63) is 48.7 Å². The van der Waals surface area contributed by atoms with Crippen molar-refractivity contribution in [1.29, 1.82) is 0 Å². The molecule has 0 saturated carbocycles. The number of benzene rings is 1. The van der Waals surface area contributed by atoms with E-state index in [2.05, 4.69) is 15.4 Å². The van der Waals surface area contributed by atoms with Gasteiger partial charge in [-0.2, -0.15) is 0 Å². The van der Waals surface area contributed by atoms with Crippen LogP contribution in [0.3, 0.4) is 0 Å². The zero-order valence-electron chi connectivity index (χ0n) is 14.8. The van der Waals surface area contributed by atoms with Crippen molar-refractivity contribution in [2.45, 2.75) is 12.5 Å². The highest BCUT2D eigenvalue weighted by Gasteiger charge is 2.15. The van der Waals surface area contributed by atoms with Crippen LogP contribution in [0.1, 0.15) is 6.42 Å². The molecular formula is C20H20N4O3. The average Bonchev–Trinajstić information content (AvgIpc) is 3.32. The summed E-state index contributed by atoms with van der Waals surface area (Å²) in [6, 6.07) is 14.0. The maximum atomic E-state index is 5.96. The van der Waals surface area contributed by atoms with Crippen LogP contribution in [0.25, 0.3) is 28.1 Å². The summed E-state index contributed by atoms with van der Waals surface area (Å²) in [4.78, 5) is 4.42. The molecule has 4 heterocycles. The molecule has 27 heavy (non-hydrogen) atoms. The van der Waals surface area contributed by atoms with E-state index in [1.54, 1.807) is 10.7 Å². The van der Waals surface area contributed by atoms with E-state index in [0.717, 1.165) is 54.2 Å². The number of nitrogens with one attached hydrogen (secondary N) is 1. The Balaban J connectivity index is 1.37. The van der Waals surface area contributed by atoms with Gasteiger partial charge in [-0.25, -0.2) is 9.50 Å². The molecule has 1 atom stereocenters. The molecule has 1 saturated heterocycles. The van der Waals surface area contributed by atoms with Gasteiger partial charge in [-0.1, -0.05) is 18.2 Å². The van der Waals surface area contributed by atoms with Gasteiger partial charge in [0.15, 0.2) is 11.4 Å².